The number of halogens is 1. The quantitative estimate of drug-likeness (QED) is 0.751. The van der Waals surface area contributed by atoms with Crippen LogP contribution in [0.15, 0.2) is 12.1 Å². The number of rotatable bonds is 7. The summed E-state index contributed by atoms with van der Waals surface area (Å²) in [6, 6.07) is 3.93. The average molecular weight is 347 g/mol. The first kappa shape index (κ1) is 15.0. The van der Waals surface area contributed by atoms with Crippen molar-refractivity contribution < 1.29 is 8.42 Å². The van der Waals surface area contributed by atoms with Crippen molar-refractivity contribution in [3.63, 3.8) is 0 Å². The van der Waals surface area contributed by atoms with Crippen LogP contribution >= 0.6 is 23.3 Å². The van der Waals surface area contributed by atoms with E-state index in [1.54, 1.807) is 12.1 Å². The molecule has 9 heteroatoms. The number of benzene rings is 1. The standard InChI is InChI=1S/C12H15ClN4O2S2/c13-9-4-5-10-12(16-20-15-10)11(9)17-21(18,19)7-1-6-14-8-2-3-8/h4-5,8,14,17H,1-3,6-7H2. The van der Waals surface area contributed by atoms with Crippen molar-refractivity contribution in [2.45, 2.75) is 25.3 Å². The third-order valence-electron chi connectivity index (χ3n) is 3.23. The van der Waals surface area contributed by atoms with Crippen LogP contribution in [0.3, 0.4) is 0 Å². The molecule has 1 saturated carbocycles. The lowest BCUT2D eigenvalue weighted by molar-refractivity contribution is 0.593. The molecular formula is C12H15ClN4O2S2. The van der Waals surface area contributed by atoms with Gasteiger partial charge in [-0.1, -0.05) is 11.6 Å². The molecule has 21 heavy (non-hydrogen) atoms. The Morgan fingerprint density at radius 2 is 2.14 bits per heavy atom. The van der Waals surface area contributed by atoms with Gasteiger partial charge in [0.15, 0.2) is 0 Å². The van der Waals surface area contributed by atoms with Crippen molar-refractivity contribution in [1.29, 1.82) is 0 Å². The molecule has 0 saturated heterocycles. The van der Waals surface area contributed by atoms with Crippen LogP contribution in [-0.4, -0.2) is 35.5 Å². The van der Waals surface area contributed by atoms with Crippen molar-refractivity contribution in [2.24, 2.45) is 0 Å². The maximum Gasteiger partial charge on any atom is 0.232 e. The SMILES string of the molecule is O=S(=O)(CCCNC1CC1)Nc1c(Cl)ccc2nsnc12. The van der Waals surface area contributed by atoms with Crippen LogP contribution in [0, 0.1) is 0 Å². The van der Waals surface area contributed by atoms with Gasteiger partial charge in [0.1, 0.15) is 11.0 Å². The predicted octanol–water partition coefficient (Wildman–Crippen LogP) is 2.23. The summed E-state index contributed by atoms with van der Waals surface area (Å²) in [6.07, 6.45) is 2.95. The molecule has 0 radical (unpaired) electrons. The first-order chi connectivity index (χ1) is 10.1. The largest absolute Gasteiger partial charge is 0.314 e. The summed E-state index contributed by atoms with van der Waals surface area (Å²) in [5.41, 5.74) is 1.45. The normalized spacial score (nSPS) is 15.5. The van der Waals surface area contributed by atoms with Gasteiger partial charge < -0.3 is 5.32 Å². The first-order valence-corrected chi connectivity index (χ1v) is 9.46. The van der Waals surface area contributed by atoms with Gasteiger partial charge >= 0.3 is 0 Å². The molecule has 0 amide bonds. The van der Waals surface area contributed by atoms with E-state index in [4.69, 9.17) is 11.6 Å². The predicted molar refractivity (Wildman–Crippen MR) is 85.5 cm³/mol. The van der Waals surface area contributed by atoms with Crippen LogP contribution in [0.5, 0.6) is 0 Å². The van der Waals surface area contributed by atoms with E-state index < -0.39 is 10.0 Å². The number of hydrogen-bond donors (Lipinski definition) is 2. The lowest BCUT2D eigenvalue weighted by Crippen LogP contribution is -2.23. The molecule has 1 heterocycles. The van der Waals surface area contributed by atoms with Crippen molar-refractivity contribution in [1.82, 2.24) is 14.1 Å². The average Bonchev–Trinajstić information content (AvgIpc) is 3.13. The number of sulfonamides is 1. The Hall–Kier alpha value is -0.960. The van der Waals surface area contributed by atoms with Crippen LogP contribution in [-0.2, 0) is 10.0 Å². The van der Waals surface area contributed by atoms with Crippen molar-refractivity contribution in [3.8, 4) is 0 Å². The summed E-state index contributed by atoms with van der Waals surface area (Å²) in [5.74, 6) is 0.0526. The van der Waals surface area contributed by atoms with E-state index in [9.17, 15) is 8.42 Å². The number of nitrogens with zero attached hydrogens (tertiary/aromatic N) is 2. The molecule has 6 nitrogen and oxygen atoms in total. The summed E-state index contributed by atoms with van der Waals surface area (Å²) in [7, 11) is -3.44. The molecule has 0 aliphatic heterocycles. The molecule has 0 spiro atoms. The molecule has 0 unspecified atom stereocenters. The van der Waals surface area contributed by atoms with Gasteiger partial charge in [0.05, 0.1) is 28.2 Å². The van der Waals surface area contributed by atoms with Gasteiger partial charge in [-0.15, -0.1) is 0 Å². The second kappa shape index (κ2) is 6.04. The molecule has 1 aliphatic rings. The molecule has 3 rings (SSSR count). The maximum absolute atomic E-state index is 12.1. The van der Waals surface area contributed by atoms with Gasteiger partial charge in [0.25, 0.3) is 0 Å². The Balaban J connectivity index is 1.67. The number of anilines is 1. The Bertz CT molecular complexity index is 743. The molecule has 0 atom stereocenters. The van der Waals surface area contributed by atoms with Crippen molar-refractivity contribution in [2.75, 3.05) is 17.0 Å². The third-order valence-corrected chi connectivity index (χ3v) is 5.43. The molecule has 1 aromatic carbocycles. The number of nitrogens with one attached hydrogen (secondary N) is 2. The lowest BCUT2D eigenvalue weighted by atomic mass is 10.3. The highest BCUT2D eigenvalue weighted by molar-refractivity contribution is 7.92. The van der Waals surface area contributed by atoms with Gasteiger partial charge in [-0.3, -0.25) is 4.72 Å². The molecule has 114 valence electrons. The maximum atomic E-state index is 12.1. The van der Waals surface area contributed by atoms with Crippen molar-refractivity contribution in [3.05, 3.63) is 17.2 Å². The summed E-state index contributed by atoms with van der Waals surface area (Å²) >= 11 is 7.10. The van der Waals surface area contributed by atoms with E-state index in [0.29, 0.717) is 40.8 Å². The Morgan fingerprint density at radius 1 is 1.33 bits per heavy atom. The van der Waals surface area contributed by atoms with Crippen LogP contribution in [0.25, 0.3) is 11.0 Å². The lowest BCUT2D eigenvalue weighted by Gasteiger charge is -2.10. The molecule has 2 aromatic rings. The van der Waals surface area contributed by atoms with Gasteiger partial charge in [0, 0.05) is 6.04 Å². The monoisotopic (exact) mass is 346 g/mol. The zero-order valence-electron chi connectivity index (χ0n) is 11.2. The number of fused-ring (bicyclic) bond motifs is 1. The van der Waals surface area contributed by atoms with Crippen LogP contribution in [0.4, 0.5) is 5.69 Å². The molecular weight excluding hydrogens is 332 g/mol. The minimum atomic E-state index is -3.44. The Labute approximate surface area is 132 Å². The first-order valence-electron chi connectivity index (χ1n) is 6.70. The van der Waals surface area contributed by atoms with E-state index in [2.05, 4.69) is 18.8 Å². The molecule has 0 bridgehead atoms. The van der Waals surface area contributed by atoms with Crippen LogP contribution < -0.4 is 10.0 Å². The van der Waals surface area contributed by atoms with E-state index in [-0.39, 0.29) is 5.75 Å². The highest BCUT2D eigenvalue weighted by Gasteiger charge is 2.21. The van der Waals surface area contributed by atoms with Gasteiger partial charge in [-0.25, -0.2) is 8.42 Å². The minimum Gasteiger partial charge on any atom is -0.314 e. The number of aromatic nitrogens is 2. The smallest absolute Gasteiger partial charge is 0.232 e. The van der Waals surface area contributed by atoms with E-state index in [1.807, 2.05) is 0 Å². The second-order valence-corrected chi connectivity index (χ2v) is 7.83. The summed E-state index contributed by atoms with van der Waals surface area (Å²) in [5, 5.41) is 3.62. The van der Waals surface area contributed by atoms with Gasteiger partial charge in [-0.2, -0.15) is 8.75 Å². The molecule has 2 N–H and O–H groups in total. The summed E-state index contributed by atoms with van der Waals surface area (Å²) < 4.78 is 35.0. The van der Waals surface area contributed by atoms with Gasteiger partial charge in [-0.05, 0) is 37.9 Å². The third kappa shape index (κ3) is 3.82. The fourth-order valence-corrected chi connectivity index (χ4v) is 3.93. The topological polar surface area (TPSA) is 84.0 Å². The highest BCUT2D eigenvalue weighted by Crippen LogP contribution is 2.30. The van der Waals surface area contributed by atoms with Crippen LogP contribution in [0.1, 0.15) is 19.3 Å². The fourth-order valence-electron chi connectivity index (χ4n) is 1.99. The fraction of sp³-hybridized carbons (Fsp3) is 0.500. The van der Waals surface area contributed by atoms with Crippen LogP contribution in [0.2, 0.25) is 5.02 Å². The van der Waals surface area contributed by atoms with E-state index in [1.165, 1.54) is 12.8 Å². The minimum absolute atomic E-state index is 0.0526. The number of hydrogen-bond acceptors (Lipinski definition) is 6. The highest BCUT2D eigenvalue weighted by atomic mass is 35.5. The van der Waals surface area contributed by atoms with Crippen molar-refractivity contribution >= 4 is 50.1 Å². The second-order valence-electron chi connectivity index (χ2n) is 5.06. The van der Waals surface area contributed by atoms with Gasteiger partial charge in [0.2, 0.25) is 10.0 Å². The Morgan fingerprint density at radius 3 is 2.90 bits per heavy atom. The zero-order chi connectivity index (χ0) is 14.9. The summed E-state index contributed by atoms with van der Waals surface area (Å²) in [6.45, 7) is 0.710. The van der Waals surface area contributed by atoms with E-state index >= 15 is 0 Å². The molecule has 1 aromatic heterocycles. The molecule has 1 fully saturated rings. The summed E-state index contributed by atoms with van der Waals surface area (Å²) in [4.78, 5) is 0. The Kier molecular flexibility index (Phi) is 4.30. The van der Waals surface area contributed by atoms with E-state index in [0.717, 1.165) is 11.7 Å². The zero-order valence-corrected chi connectivity index (χ0v) is 13.6. The molecule has 1 aliphatic carbocycles.